The SMILES string of the molecule is COCc1nc(N2CCOCC2)sc1C=O. The van der Waals surface area contributed by atoms with Crippen LogP contribution in [-0.4, -0.2) is 44.7 Å². The number of carbonyl (C=O) groups excluding carboxylic acids is 1. The minimum atomic E-state index is 0.384. The van der Waals surface area contributed by atoms with Crippen LogP contribution in [-0.2, 0) is 16.1 Å². The van der Waals surface area contributed by atoms with Gasteiger partial charge in [-0.15, -0.1) is 0 Å². The summed E-state index contributed by atoms with van der Waals surface area (Å²) in [5.41, 5.74) is 0.726. The minimum absolute atomic E-state index is 0.384. The first kappa shape index (κ1) is 11.5. The standard InChI is InChI=1S/C10H14N2O3S/c1-14-7-8-9(6-13)16-10(11-8)12-2-4-15-5-3-12/h6H,2-5,7H2,1H3. The number of anilines is 1. The van der Waals surface area contributed by atoms with Gasteiger partial charge in [0.05, 0.1) is 30.4 Å². The second-order valence-electron chi connectivity index (χ2n) is 3.46. The van der Waals surface area contributed by atoms with Gasteiger partial charge in [0.15, 0.2) is 11.4 Å². The fraction of sp³-hybridized carbons (Fsp3) is 0.600. The van der Waals surface area contributed by atoms with E-state index in [1.807, 2.05) is 0 Å². The van der Waals surface area contributed by atoms with E-state index >= 15 is 0 Å². The Hall–Kier alpha value is -0.980. The highest BCUT2D eigenvalue weighted by Crippen LogP contribution is 2.26. The zero-order valence-electron chi connectivity index (χ0n) is 9.14. The monoisotopic (exact) mass is 242 g/mol. The van der Waals surface area contributed by atoms with E-state index in [4.69, 9.17) is 9.47 Å². The third-order valence-electron chi connectivity index (χ3n) is 2.39. The van der Waals surface area contributed by atoms with E-state index in [1.165, 1.54) is 11.3 Å². The van der Waals surface area contributed by atoms with Gasteiger partial charge in [-0.25, -0.2) is 4.98 Å². The van der Waals surface area contributed by atoms with E-state index in [2.05, 4.69) is 9.88 Å². The van der Waals surface area contributed by atoms with Crippen LogP contribution < -0.4 is 4.90 Å². The minimum Gasteiger partial charge on any atom is -0.378 e. The molecule has 1 fully saturated rings. The number of rotatable bonds is 4. The molecule has 5 nitrogen and oxygen atoms in total. The Labute approximate surface area is 98.0 Å². The predicted molar refractivity (Wildman–Crippen MR) is 61.2 cm³/mol. The third-order valence-corrected chi connectivity index (χ3v) is 3.47. The summed E-state index contributed by atoms with van der Waals surface area (Å²) in [7, 11) is 1.60. The molecule has 0 saturated carbocycles. The van der Waals surface area contributed by atoms with Gasteiger partial charge in [-0.05, 0) is 0 Å². The number of aromatic nitrogens is 1. The molecule has 0 spiro atoms. The van der Waals surface area contributed by atoms with E-state index in [9.17, 15) is 4.79 Å². The molecule has 6 heteroatoms. The summed E-state index contributed by atoms with van der Waals surface area (Å²) in [6, 6.07) is 0. The Morgan fingerprint density at radius 3 is 2.94 bits per heavy atom. The number of nitrogens with zero attached hydrogens (tertiary/aromatic N) is 2. The Bertz CT molecular complexity index is 361. The van der Waals surface area contributed by atoms with Crippen molar-refractivity contribution in [2.75, 3.05) is 38.3 Å². The molecule has 0 N–H and O–H groups in total. The number of hydrogen-bond donors (Lipinski definition) is 0. The molecule has 88 valence electrons. The Kier molecular flexibility index (Phi) is 3.87. The van der Waals surface area contributed by atoms with Gasteiger partial charge in [0.1, 0.15) is 0 Å². The second kappa shape index (κ2) is 5.38. The molecule has 0 aromatic carbocycles. The first-order valence-electron chi connectivity index (χ1n) is 5.11. The number of carbonyl (C=O) groups is 1. The first-order chi connectivity index (χ1) is 7.85. The van der Waals surface area contributed by atoms with E-state index in [0.29, 0.717) is 11.5 Å². The van der Waals surface area contributed by atoms with Gasteiger partial charge in [-0.3, -0.25) is 4.79 Å². The highest BCUT2D eigenvalue weighted by Gasteiger charge is 2.17. The fourth-order valence-electron chi connectivity index (χ4n) is 1.57. The molecule has 0 bridgehead atoms. The van der Waals surface area contributed by atoms with E-state index in [1.54, 1.807) is 7.11 Å². The molecule has 0 radical (unpaired) electrons. The zero-order chi connectivity index (χ0) is 11.4. The molecular formula is C10H14N2O3S. The molecular weight excluding hydrogens is 228 g/mol. The maximum absolute atomic E-state index is 10.9. The Morgan fingerprint density at radius 1 is 1.56 bits per heavy atom. The molecule has 2 heterocycles. The number of hydrogen-bond acceptors (Lipinski definition) is 6. The lowest BCUT2D eigenvalue weighted by molar-refractivity contribution is 0.112. The Morgan fingerprint density at radius 2 is 2.31 bits per heavy atom. The molecule has 1 aromatic heterocycles. The maximum Gasteiger partial charge on any atom is 0.186 e. The van der Waals surface area contributed by atoms with Gasteiger partial charge in [0.25, 0.3) is 0 Å². The smallest absolute Gasteiger partial charge is 0.186 e. The number of methoxy groups -OCH3 is 1. The van der Waals surface area contributed by atoms with Crippen LogP contribution in [0.3, 0.4) is 0 Å². The molecule has 0 amide bonds. The summed E-state index contributed by atoms with van der Waals surface area (Å²) in [5, 5.41) is 0.887. The fourth-order valence-corrected chi connectivity index (χ4v) is 2.51. The average molecular weight is 242 g/mol. The summed E-state index contributed by atoms with van der Waals surface area (Å²) < 4.78 is 10.3. The summed E-state index contributed by atoms with van der Waals surface area (Å²) in [5.74, 6) is 0. The van der Waals surface area contributed by atoms with E-state index in [0.717, 1.165) is 43.4 Å². The second-order valence-corrected chi connectivity index (χ2v) is 4.47. The molecule has 1 aromatic rings. The number of morpholine rings is 1. The van der Waals surface area contributed by atoms with Crippen molar-refractivity contribution in [1.29, 1.82) is 0 Å². The highest BCUT2D eigenvalue weighted by molar-refractivity contribution is 7.17. The van der Waals surface area contributed by atoms with Crippen molar-refractivity contribution in [1.82, 2.24) is 4.98 Å². The van der Waals surface area contributed by atoms with Gasteiger partial charge in [0.2, 0.25) is 0 Å². The van der Waals surface area contributed by atoms with E-state index in [-0.39, 0.29) is 0 Å². The van der Waals surface area contributed by atoms with Crippen molar-refractivity contribution >= 4 is 22.8 Å². The third kappa shape index (κ3) is 2.40. The molecule has 0 atom stereocenters. The predicted octanol–water partition coefficient (Wildman–Crippen LogP) is 0.939. The first-order valence-corrected chi connectivity index (χ1v) is 5.93. The molecule has 0 unspecified atom stereocenters. The molecule has 1 saturated heterocycles. The zero-order valence-corrected chi connectivity index (χ0v) is 9.96. The average Bonchev–Trinajstić information content (AvgIpc) is 2.74. The normalized spacial score (nSPS) is 16.4. The molecule has 1 aliphatic heterocycles. The lowest BCUT2D eigenvalue weighted by atomic mass is 10.4. The lowest BCUT2D eigenvalue weighted by Gasteiger charge is -2.25. The summed E-state index contributed by atoms with van der Waals surface area (Å²) >= 11 is 1.42. The van der Waals surface area contributed by atoms with Crippen molar-refractivity contribution in [3.8, 4) is 0 Å². The summed E-state index contributed by atoms with van der Waals surface area (Å²) in [6.45, 7) is 3.48. The summed E-state index contributed by atoms with van der Waals surface area (Å²) in [6.07, 6.45) is 0.843. The quantitative estimate of drug-likeness (QED) is 0.735. The van der Waals surface area contributed by atoms with Crippen LogP contribution in [0, 0.1) is 0 Å². The van der Waals surface area contributed by atoms with Crippen molar-refractivity contribution in [2.24, 2.45) is 0 Å². The van der Waals surface area contributed by atoms with Gasteiger partial charge in [0, 0.05) is 20.2 Å². The largest absolute Gasteiger partial charge is 0.378 e. The van der Waals surface area contributed by atoms with Crippen LogP contribution in [0.25, 0.3) is 0 Å². The van der Waals surface area contributed by atoms with Crippen LogP contribution in [0.2, 0.25) is 0 Å². The number of thiazole rings is 1. The van der Waals surface area contributed by atoms with Crippen LogP contribution in [0.1, 0.15) is 15.4 Å². The van der Waals surface area contributed by atoms with Gasteiger partial charge in [-0.2, -0.15) is 0 Å². The maximum atomic E-state index is 10.9. The van der Waals surface area contributed by atoms with Crippen molar-refractivity contribution in [2.45, 2.75) is 6.61 Å². The van der Waals surface area contributed by atoms with E-state index < -0.39 is 0 Å². The van der Waals surface area contributed by atoms with Crippen molar-refractivity contribution < 1.29 is 14.3 Å². The summed E-state index contributed by atoms with van der Waals surface area (Å²) in [4.78, 5) is 18.1. The van der Waals surface area contributed by atoms with Gasteiger partial charge < -0.3 is 14.4 Å². The topological polar surface area (TPSA) is 51.7 Å². The van der Waals surface area contributed by atoms with Crippen LogP contribution in [0.5, 0.6) is 0 Å². The van der Waals surface area contributed by atoms with Crippen LogP contribution >= 0.6 is 11.3 Å². The highest BCUT2D eigenvalue weighted by atomic mass is 32.1. The lowest BCUT2D eigenvalue weighted by Crippen LogP contribution is -2.36. The van der Waals surface area contributed by atoms with Crippen LogP contribution in [0.4, 0.5) is 5.13 Å². The molecule has 16 heavy (non-hydrogen) atoms. The van der Waals surface area contributed by atoms with Crippen LogP contribution in [0.15, 0.2) is 0 Å². The van der Waals surface area contributed by atoms with Gasteiger partial charge >= 0.3 is 0 Å². The van der Waals surface area contributed by atoms with Gasteiger partial charge in [-0.1, -0.05) is 11.3 Å². The Balaban J connectivity index is 2.17. The van der Waals surface area contributed by atoms with Crippen molar-refractivity contribution in [3.05, 3.63) is 10.6 Å². The molecule has 1 aliphatic rings. The molecule has 0 aliphatic carbocycles. The molecule has 2 rings (SSSR count). The van der Waals surface area contributed by atoms with Crippen molar-refractivity contribution in [3.63, 3.8) is 0 Å². The number of ether oxygens (including phenoxy) is 2. The number of aldehydes is 1.